The van der Waals surface area contributed by atoms with Crippen LogP contribution in [0.3, 0.4) is 0 Å². The van der Waals surface area contributed by atoms with Gasteiger partial charge in [-0.2, -0.15) is 0 Å². The van der Waals surface area contributed by atoms with Crippen LogP contribution in [-0.2, 0) is 0 Å². The predicted molar refractivity (Wildman–Crippen MR) is 55.0 cm³/mol. The Morgan fingerprint density at radius 3 is 2.46 bits per heavy atom. The molecule has 0 bridgehead atoms. The molecule has 0 unspecified atom stereocenters. The van der Waals surface area contributed by atoms with Crippen LogP contribution >= 0.6 is 11.6 Å². The maximum Gasteiger partial charge on any atom is 0.0863 e. The molecule has 0 aromatic rings. The molecule has 1 N–H and O–H groups in total. The molecule has 13 heavy (non-hydrogen) atoms. The molecule has 2 rings (SSSR count). The molecule has 2 saturated carbocycles. The number of hydrogen-bond acceptors (Lipinski definition) is 1. The molecule has 2 aliphatic carbocycles. The molecule has 0 radical (unpaired) electrons. The third-order valence-corrected chi connectivity index (χ3v) is 4.87. The van der Waals surface area contributed by atoms with Gasteiger partial charge in [-0.15, -0.1) is 11.6 Å². The van der Waals surface area contributed by atoms with Crippen molar-refractivity contribution in [3.05, 3.63) is 0 Å². The minimum atomic E-state index is -0.564. The lowest BCUT2D eigenvalue weighted by atomic mass is 9.57. The van der Waals surface area contributed by atoms with Crippen LogP contribution in [-0.4, -0.2) is 16.1 Å². The molecule has 0 aromatic heterocycles. The van der Waals surface area contributed by atoms with Crippen LogP contribution in [0, 0.1) is 5.41 Å². The number of hydrogen-bond donors (Lipinski definition) is 1. The van der Waals surface area contributed by atoms with Crippen LogP contribution < -0.4 is 0 Å². The van der Waals surface area contributed by atoms with Crippen LogP contribution in [0.2, 0.25) is 0 Å². The van der Waals surface area contributed by atoms with Crippen molar-refractivity contribution in [2.45, 2.75) is 62.8 Å². The third-order valence-electron chi connectivity index (χ3n) is 4.29. The van der Waals surface area contributed by atoms with Crippen LogP contribution in [0.4, 0.5) is 0 Å². The second-order valence-electron chi connectivity index (χ2n) is 5.05. The number of fused-ring (bicyclic) bond motifs is 1. The maximum atomic E-state index is 10.6. The van der Waals surface area contributed by atoms with Gasteiger partial charge in [0.05, 0.1) is 11.0 Å². The smallest absolute Gasteiger partial charge is 0.0863 e. The van der Waals surface area contributed by atoms with Gasteiger partial charge in [0, 0.05) is 0 Å². The number of rotatable bonds is 0. The van der Waals surface area contributed by atoms with Gasteiger partial charge in [0.25, 0.3) is 0 Å². The summed E-state index contributed by atoms with van der Waals surface area (Å²) in [6.45, 7) is 2.22. The zero-order valence-electron chi connectivity index (χ0n) is 8.35. The summed E-state index contributed by atoms with van der Waals surface area (Å²) in [6, 6.07) is 0. The van der Waals surface area contributed by atoms with E-state index in [1.54, 1.807) is 0 Å². The molecule has 0 aromatic carbocycles. The molecule has 2 aliphatic rings. The summed E-state index contributed by atoms with van der Waals surface area (Å²) in [4.78, 5) is 0. The predicted octanol–water partition coefficient (Wildman–Crippen LogP) is 3.09. The summed E-state index contributed by atoms with van der Waals surface area (Å²) >= 11 is 6.27. The first-order valence-corrected chi connectivity index (χ1v) is 5.89. The lowest BCUT2D eigenvalue weighted by molar-refractivity contribution is -0.128. The van der Waals surface area contributed by atoms with Crippen LogP contribution in [0.1, 0.15) is 51.9 Å². The van der Waals surface area contributed by atoms with E-state index in [-0.39, 0.29) is 10.8 Å². The van der Waals surface area contributed by atoms with E-state index in [2.05, 4.69) is 6.92 Å². The van der Waals surface area contributed by atoms with Gasteiger partial charge in [-0.1, -0.05) is 26.2 Å². The van der Waals surface area contributed by atoms with Gasteiger partial charge in [-0.05, 0) is 31.1 Å². The average Bonchev–Trinajstić information content (AvgIpc) is 2.09. The van der Waals surface area contributed by atoms with E-state index >= 15 is 0 Å². The van der Waals surface area contributed by atoms with Crippen molar-refractivity contribution < 1.29 is 5.11 Å². The Bertz CT molecular complexity index is 202. The molecular formula is C11H19ClO. The van der Waals surface area contributed by atoms with E-state index in [0.717, 1.165) is 32.1 Å². The van der Waals surface area contributed by atoms with E-state index in [9.17, 15) is 5.11 Å². The maximum absolute atomic E-state index is 10.6. The second kappa shape index (κ2) is 3.13. The first kappa shape index (κ1) is 9.79. The highest BCUT2D eigenvalue weighted by Crippen LogP contribution is 2.54. The Balaban J connectivity index is 2.27. The molecule has 2 heteroatoms. The molecule has 1 nitrogen and oxygen atoms in total. The fourth-order valence-electron chi connectivity index (χ4n) is 3.21. The number of aliphatic hydroxyl groups is 1. The van der Waals surface area contributed by atoms with Crippen molar-refractivity contribution in [2.75, 3.05) is 0 Å². The topological polar surface area (TPSA) is 20.2 Å². The van der Waals surface area contributed by atoms with Gasteiger partial charge in [-0.3, -0.25) is 0 Å². The van der Waals surface area contributed by atoms with Crippen LogP contribution in [0.25, 0.3) is 0 Å². The lowest BCUT2D eigenvalue weighted by Gasteiger charge is -2.54. The van der Waals surface area contributed by atoms with E-state index in [1.807, 2.05) is 0 Å². The molecule has 76 valence electrons. The highest BCUT2D eigenvalue weighted by Gasteiger charge is 2.54. The molecule has 0 spiro atoms. The van der Waals surface area contributed by atoms with Crippen molar-refractivity contribution >= 4 is 11.6 Å². The summed E-state index contributed by atoms with van der Waals surface area (Å²) in [6.07, 6.45) is 7.83. The minimum Gasteiger partial charge on any atom is -0.388 e. The number of alkyl halides is 1. The summed E-state index contributed by atoms with van der Waals surface area (Å²) < 4.78 is 0. The first-order chi connectivity index (χ1) is 6.08. The molecule has 3 atom stereocenters. The fraction of sp³-hybridized carbons (Fsp3) is 1.00. The zero-order chi connectivity index (χ0) is 9.53. The normalized spacial score (nSPS) is 51.5. The Labute approximate surface area is 85.5 Å². The average molecular weight is 203 g/mol. The Morgan fingerprint density at radius 2 is 1.77 bits per heavy atom. The highest BCUT2D eigenvalue weighted by molar-refractivity contribution is 6.21. The first-order valence-electron chi connectivity index (χ1n) is 5.45. The largest absolute Gasteiger partial charge is 0.388 e. The van der Waals surface area contributed by atoms with Crippen molar-refractivity contribution in [3.8, 4) is 0 Å². The summed E-state index contributed by atoms with van der Waals surface area (Å²) in [7, 11) is 0. The van der Waals surface area contributed by atoms with Gasteiger partial charge >= 0.3 is 0 Å². The lowest BCUT2D eigenvalue weighted by Crippen LogP contribution is -2.57. The van der Waals surface area contributed by atoms with E-state index in [4.69, 9.17) is 11.6 Å². The molecule has 0 amide bonds. The molecule has 0 aliphatic heterocycles. The third kappa shape index (κ3) is 1.32. The van der Waals surface area contributed by atoms with Gasteiger partial charge in [0.1, 0.15) is 0 Å². The van der Waals surface area contributed by atoms with Crippen LogP contribution in [0.15, 0.2) is 0 Å². The quantitative estimate of drug-likeness (QED) is 0.599. The second-order valence-corrected chi connectivity index (χ2v) is 5.58. The van der Waals surface area contributed by atoms with Crippen molar-refractivity contribution in [1.82, 2.24) is 0 Å². The van der Waals surface area contributed by atoms with Crippen molar-refractivity contribution in [3.63, 3.8) is 0 Å². The Hall–Kier alpha value is 0.250. The Morgan fingerprint density at radius 1 is 1.15 bits per heavy atom. The van der Waals surface area contributed by atoms with E-state index in [1.165, 1.54) is 12.8 Å². The van der Waals surface area contributed by atoms with E-state index < -0.39 is 5.60 Å². The van der Waals surface area contributed by atoms with E-state index in [0.29, 0.717) is 0 Å². The molecule has 2 fully saturated rings. The summed E-state index contributed by atoms with van der Waals surface area (Å²) in [5.41, 5.74) is -0.457. The zero-order valence-corrected chi connectivity index (χ0v) is 9.11. The van der Waals surface area contributed by atoms with Gasteiger partial charge in [-0.25, -0.2) is 0 Å². The van der Waals surface area contributed by atoms with Gasteiger partial charge in [0.2, 0.25) is 0 Å². The van der Waals surface area contributed by atoms with Gasteiger partial charge < -0.3 is 5.11 Å². The molecular weight excluding hydrogens is 184 g/mol. The number of halogens is 1. The standard InChI is InChI=1S/C11H19ClO/c1-10-6-2-3-8-11(10,13)9(12)5-4-7-10/h9,13H,2-8H2,1H3/t9-,10+,11+/m0/s1. The fourth-order valence-corrected chi connectivity index (χ4v) is 3.74. The van der Waals surface area contributed by atoms with Gasteiger partial charge in [0.15, 0.2) is 0 Å². The summed E-state index contributed by atoms with van der Waals surface area (Å²) in [5, 5.41) is 10.6. The van der Waals surface area contributed by atoms with Crippen LogP contribution in [0.5, 0.6) is 0 Å². The monoisotopic (exact) mass is 202 g/mol. The van der Waals surface area contributed by atoms with Crippen molar-refractivity contribution in [2.24, 2.45) is 5.41 Å². The van der Waals surface area contributed by atoms with Crippen molar-refractivity contribution in [1.29, 1.82) is 0 Å². The SMILES string of the molecule is C[C@]12CCCC[C@@]1(O)[C@@H](Cl)CCC2. The summed E-state index contributed by atoms with van der Waals surface area (Å²) in [5.74, 6) is 0. The minimum absolute atomic E-state index is 0.00782. The highest BCUT2D eigenvalue weighted by atomic mass is 35.5. The molecule has 0 saturated heterocycles. The Kier molecular flexibility index (Phi) is 2.36. The molecule has 0 heterocycles.